The third-order valence-electron chi connectivity index (χ3n) is 3.95. The molecule has 2 N–H and O–H groups in total. The molecular weight excluding hydrogens is 266 g/mol. The second-order valence-electron chi connectivity index (χ2n) is 5.17. The number of phenolic OH excluding ortho intramolecular Hbond substituents is 1. The lowest BCUT2D eigenvalue weighted by molar-refractivity contribution is -0.137. The summed E-state index contributed by atoms with van der Waals surface area (Å²) in [4.78, 5) is 12.8. The number of aliphatic carboxylic acids is 1. The summed E-state index contributed by atoms with van der Waals surface area (Å²) in [6.45, 7) is 5.20. The molecule has 4 heteroatoms. The molecule has 0 aliphatic heterocycles. The van der Waals surface area contributed by atoms with Crippen LogP contribution >= 0.6 is 0 Å². The number of rotatable bonds is 6. The first-order chi connectivity index (χ1) is 10.0. The van der Waals surface area contributed by atoms with Crippen LogP contribution in [-0.4, -0.2) is 34.2 Å². The van der Waals surface area contributed by atoms with E-state index in [-0.39, 0.29) is 18.2 Å². The van der Waals surface area contributed by atoms with Crippen molar-refractivity contribution in [3.8, 4) is 5.75 Å². The van der Waals surface area contributed by atoms with Gasteiger partial charge in [-0.1, -0.05) is 43.3 Å². The largest absolute Gasteiger partial charge is 0.507 e. The molecule has 0 amide bonds. The maximum absolute atomic E-state index is 10.7. The number of nitrogens with zero attached hydrogens (tertiary/aromatic N) is 1. The average Bonchev–Trinajstić information content (AvgIpc) is 2.48. The van der Waals surface area contributed by atoms with Crippen molar-refractivity contribution in [3.05, 3.63) is 42.0 Å². The minimum absolute atomic E-state index is 0.0287. The van der Waals surface area contributed by atoms with Crippen molar-refractivity contribution in [1.29, 1.82) is 0 Å². The number of benzene rings is 2. The fourth-order valence-corrected chi connectivity index (χ4v) is 2.67. The lowest BCUT2D eigenvalue weighted by atomic mass is 10.00. The fourth-order valence-electron chi connectivity index (χ4n) is 2.67. The van der Waals surface area contributed by atoms with E-state index in [1.165, 1.54) is 0 Å². The molecule has 0 aliphatic carbocycles. The smallest absolute Gasteiger partial charge is 0.304 e. The second-order valence-corrected chi connectivity index (χ2v) is 5.17. The van der Waals surface area contributed by atoms with E-state index in [4.69, 9.17) is 5.11 Å². The molecule has 0 aliphatic rings. The lowest BCUT2D eigenvalue weighted by Gasteiger charge is -2.28. The van der Waals surface area contributed by atoms with E-state index >= 15 is 0 Å². The number of phenols is 1. The number of fused-ring (bicyclic) bond motifs is 1. The SMILES string of the molecule is CCN(CCC(=O)O)C(C)c1ccc2ccccc2c1O. The van der Waals surface area contributed by atoms with Crippen LogP contribution in [0.5, 0.6) is 5.75 Å². The van der Waals surface area contributed by atoms with Crippen LogP contribution in [0.25, 0.3) is 10.8 Å². The maximum atomic E-state index is 10.7. The molecule has 2 rings (SSSR count). The van der Waals surface area contributed by atoms with Crippen LogP contribution in [0.2, 0.25) is 0 Å². The van der Waals surface area contributed by atoms with E-state index < -0.39 is 5.97 Å². The van der Waals surface area contributed by atoms with Gasteiger partial charge in [0.25, 0.3) is 0 Å². The molecule has 0 heterocycles. The summed E-state index contributed by atoms with van der Waals surface area (Å²) < 4.78 is 0. The Labute approximate surface area is 124 Å². The van der Waals surface area contributed by atoms with E-state index in [0.717, 1.165) is 22.9 Å². The monoisotopic (exact) mass is 287 g/mol. The van der Waals surface area contributed by atoms with Crippen molar-refractivity contribution < 1.29 is 15.0 Å². The second kappa shape index (κ2) is 6.59. The molecule has 1 atom stereocenters. The van der Waals surface area contributed by atoms with Gasteiger partial charge in [-0.05, 0) is 18.9 Å². The van der Waals surface area contributed by atoms with Gasteiger partial charge in [-0.25, -0.2) is 0 Å². The molecule has 0 saturated heterocycles. The Kier molecular flexibility index (Phi) is 4.81. The van der Waals surface area contributed by atoms with Gasteiger partial charge in [0.15, 0.2) is 0 Å². The first-order valence-corrected chi connectivity index (χ1v) is 7.21. The van der Waals surface area contributed by atoms with Crippen LogP contribution < -0.4 is 0 Å². The van der Waals surface area contributed by atoms with Crippen LogP contribution in [-0.2, 0) is 4.79 Å². The highest BCUT2D eigenvalue weighted by Crippen LogP contribution is 2.34. The number of hydrogen-bond acceptors (Lipinski definition) is 3. The molecule has 0 bridgehead atoms. The molecule has 2 aromatic rings. The molecule has 0 aromatic heterocycles. The molecule has 4 nitrogen and oxygen atoms in total. The Hall–Kier alpha value is -2.07. The number of carboxylic acid groups (broad SMARTS) is 1. The zero-order chi connectivity index (χ0) is 15.4. The zero-order valence-corrected chi connectivity index (χ0v) is 12.4. The number of hydrogen-bond donors (Lipinski definition) is 2. The normalized spacial score (nSPS) is 12.7. The van der Waals surface area contributed by atoms with Gasteiger partial charge in [0.2, 0.25) is 0 Å². The zero-order valence-electron chi connectivity index (χ0n) is 12.4. The molecule has 0 fully saturated rings. The van der Waals surface area contributed by atoms with Gasteiger partial charge >= 0.3 is 5.97 Å². The van der Waals surface area contributed by atoms with E-state index in [0.29, 0.717) is 6.54 Å². The van der Waals surface area contributed by atoms with Crippen LogP contribution in [0.4, 0.5) is 0 Å². The molecule has 0 spiro atoms. The minimum atomic E-state index is -0.802. The highest BCUT2D eigenvalue weighted by molar-refractivity contribution is 5.89. The predicted molar refractivity (Wildman–Crippen MR) is 83.5 cm³/mol. The third kappa shape index (κ3) is 3.34. The van der Waals surface area contributed by atoms with E-state index in [2.05, 4.69) is 4.90 Å². The van der Waals surface area contributed by atoms with Crippen molar-refractivity contribution in [2.24, 2.45) is 0 Å². The Balaban J connectivity index is 2.31. The quantitative estimate of drug-likeness (QED) is 0.854. The number of aromatic hydroxyl groups is 1. The molecule has 2 aromatic carbocycles. The summed E-state index contributed by atoms with van der Waals surface area (Å²) in [5, 5.41) is 21.2. The first-order valence-electron chi connectivity index (χ1n) is 7.21. The van der Waals surface area contributed by atoms with Crippen molar-refractivity contribution in [3.63, 3.8) is 0 Å². The summed E-state index contributed by atoms with van der Waals surface area (Å²) in [6, 6.07) is 11.6. The fraction of sp³-hybridized carbons (Fsp3) is 0.353. The van der Waals surface area contributed by atoms with Gasteiger partial charge in [-0.2, -0.15) is 0 Å². The van der Waals surface area contributed by atoms with Crippen LogP contribution in [0.15, 0.2) is 36.4 Å². The molecule has 21 heavy (non-hydrogen) atoms. The van der Waals surface area contributed by atoms with E-state index in [1.807, 2.05) is 50.2 Å². The molecule has 0 radical (unpaired) electrons. The van der Waals surface area contributed by atoms with Gasteiger partial charge in [-0.3, -0.25) is 9.69 Å². The Morgan fingerprint density at radius 3 is 2.62 bits per heavy atom. The summed E-state index contributed by atoms with van der Waals surface area (Å²) >= 11 is 0. The third-order valence-corrected chi connectivity index (χ3v) is 3.95. The molecule has 112 valence electrons. The van der Waals surface area contributed by atoms with E-state index in [9.17, 15) is 9.90 Å². The van der Waals surface area contributed by atoms with Crippen molar-refractivity contribution in [2.75, 3.05) is 13.1 Å². The van der Waals surface area contributed by atoms with E-state index in [1.54, 1.807) is 0 Å². The van der Waals surface area contributed by atoms with Crippen molar-refractivity contribution >= 4 is 16.7 Å². The topological polar surface area (TPSA) is 60.8 Å². The summed E-state index contributed by atoms with van der Waals surface area (Å²) in [6.07, 6.45) is 0.104. The predicted octanol–water partition coefficient (Wildman–Crippen LogP) is 3.40. The van der Waals surface area contributed by atoms with Crippen molar-refractivity contribution in [1.82, 2.24) is 4.90 Å². The molecule has 1 unspecified atom stereocenters. The van der Waals surface area contributed by atoms with Gasteiger partial charge in [0.1, 0.15) is 5.75 Å². The van der Waals surface area contributed by atoms with Crippen LogP contribution in [0, 0.1) is 0 Å². The molecular formula is C17H21NO3. The first kappa shape index (κ1) is 15.3. The average molecular weight is 287 g/mol. The molecule has 0 saturated carbocycles. The Morgan fingerprint density at radius 1 is 1.24 bits per heavy atom. The standard InChI is InChI=1S/C17H21NO3/c1-3-18(11-10-16(19)20)12(2)14-9-8-13-6-4-5-7-15(13)17(14)21/h4-9,12,21H,3,10-11H2,1-2H3,(H,19,20). The summed E-state index contributed by atoms with van der Waals surface area (Å²) in [5.41, 5.74) is 0.834. The summed E-state index contributed by atoms with van der Waals surface area (Å²) in [5.74, 6) is -0.516. The number of carbonyl (C=O) groups is 1. The van der Waals surface area contributed by atoms with Crippen molar-refractivity contribution in [2.45, 2.75) is 26.3 Å². The lowest BCUT2D eigenvalue weighted by Crippen LogP contribution is -2.29. The highest BCUT2D eigenvalue weighted by Gasteiger charge is 2.19. The van der Waals surface area contributed by atoms with Gasteiger partial charge in [0.05, 0.1) is 6.42 Å². The Morgan fingerprint density at radius 2 is 1.95 bits per heavy atom. The van der Waals surface area contributed by atoms with Crippen LogP contribution in [0.3, 0.4) is 0 Å². The maximum Gasteiger partial charge on any atom is 0.304 e. The summed E-state index contributed by atoms with van der Waals surface area (Å²) in [7, 11) is 0. The van der Waals surface area contributed by atoms with Gasteiger partial charge < -0.3 is 10.2 Å². The highest BCUT2D eigenvalue weighted by atomic mass is 16.4. The van der Waals surface area contributed by atoms with Gasteiger partial charge in [-0.15, -0.1) is 0 Å². The van der Waals surface area contributed by atoms with Gasteiger partial charge in [0, 0.05) is 23.5 Å². The minimum Gasteiger partial charge on any atom is -0.507 e. The number of carboxylic acids is 1. The van der Waals surface area contributed by atoms with Crippen LogP contribution in [0.1, 0.15) is 31.9 Å². The Bertz CT molecular complexity index is 639.